The van der Waals surface area contributed by atoms with E-state index in [1.54, 1.807) is 7.05 Å². The van der Waals surface area contributed by atoms with Gasteiger partial charge >= 0.3 is 12.2 Å². The number of aromatic nitrogens is 2. The SMILES string of the molecule is CN(CCN1CCOCC1)C(=O)Nc1cc(F)c(Oc2ccnc3[nH]cc(C(F)(F)F)c23)c(F)c1. The number of hydrogen-bond acceptors (Lipinski definition) is 5. The molecule has 0 spiro atoms. The summed E-state index contributed by atoms with van der Waals surface area (Å²) in [4.78, 5) is 22.1. The zero-order valence-corrected chi connectivity index (χ0v) is 18.6. The van der Waals surface area contributed by atoms with Gasteiger partial charge in [-0.25, -0.2) is 18.6 Å². The first-order chi connectivity index (χ1) is 16.6. The summed E-state index contributed by atoms with van der Waals surface area (Å²) in [5.41, 5.74) is -1.41. The Labute approximate surface area is 196 Å². The molecule has 1 aromatic carbocycles. The average molecular weight is 499 g/mol. The molecule has 3 aromatic rings. The molecule has 0 unspecified atom stereocenters. The van der Waals surface area contributed by atoms with Crippen LogP contribution in [-0.4, -0.2) is 72.2 Å². The van der Waals surface area contributed by atoms with E-state index in [1.807, 2.05) is 0 Å². The standard InChI is InChI=1S/C22H22F5N5O3/c1-31(4-5-32-6-8-34-9-7-32)21(33)30-13-10-15(23)19(16(24)11-13)35-17-2-3-28-20-18(17)14(12-29-20)22(25,26)27/h2-3,10-12H,4-9H2,1H3,(H,28,29)(H,30,33). The van der Waals surface area contributed by atoms with Gasteiger partial charge < -0.3 is 24.7 Å². The van der Waals surface area contributed by atoms with Crippen LogP contribution >= 0.6 is 0 Å². The molecule has 3 heterocycles. The Morgan fingerprint density at radius 3 is 2.60 bits per heavy atom. The molecule has 0 aliphatic carbocycles. The van der Waals surface area contributed by atoms with Crippen molar-refractivity contribution < 1.29 is 36.2 Å². The number of benzene rings is 1. The van der Waals surface area contributed by atoms with Gasteiger partial charge in [-0.1, -0.05) is 0 Å². The van der Waals surface area contributed by atoms with Gasteiger partial charge in [0.2, 0.25) is 0 Å². The van der Waals surface area contributed by atoms with Crippen LogP contribution in [-0.2, 0) is 10.9 Å². The Morgan fingerprint density at radius 1 is 1.26 bits per heavy atom. The van der Waals surface area contributed by atoms with Crippen molar-refractivity contribution in [2.75, 3.05) is 51.8 Å². The predicted molar refractivity (Wildman–Crippen MR) is 116 cm³/mol. The van der Waals surface area contributed by atoms with Crippen molar-refractivity contribution in [1.29, 1.82) is 0 Å². The summed E-state index contributed by atoms with van der Waals surface area (Å²) >= 11 is 0. The molecule has 2 aromatic heterocycles. The molecule has 0 radical (unpaired) electrons. The largest absolute Gasteiger partial charge is 0.450 e. The summed E-state index contributed by atoms with van der Waals surface area (Å²) in [6.07, 6.45) is -2.89. The Morgan fingerprint density at radius 2 is 1.94 bits per heavy atom. The van der Waals surface area contributed by atoms with E-state index in [0.29, 0.717) is 32.5 Å². The summed E-state index contributed by atoms with van der Waals surface area (Å²) in [5, 5.41) is 1.94. The van der Waals surface area contributed by atoms with Crippen LogP contribution in [0.3, 0.4) is 0 Å². The number of morpholine rings is 1. The van der Waals surface area contributed by atoms with Crippen LogP contribution in [0, 0.1) is 11.6 Å². The Balaban J connectivity index is 1.47. The van der Waals surface area contributed by atoms with Crippen molar-refractivity contribution in [1.82, 2.24) is 19.8 Å². The first-order valence-corrected chi connectivity index (χ1v) is 10.7. The number of likely N-dealkylation sites (N-methyl/N-ethyl adjacent to an activating group) is 1. The van der Waals surface area contributed by atoms with Crippen LogP contribution in [0.1, 0.15) is 5.56 Å². The highest BCUT2D eigenvalue weighted by molar-refractivity contribution is 5.89. The number of carbonyl (C=O) groups excluding carboxylic acids is 1. The van der Waals surface area contributed by atoms with Crippen LogP contribution in [0.5, 0.6) is 11.5 Å². The van der Waals surface area contributed by atoms with Gasteiger partial charge in [0.25, 0.3) is 0 Å². The molecule has 0 bridgehead atoms. The van der Waals surface area contributed by atoms with E-state index < -0.39 is 46.3 Å². The highest BCUT2D eigenvalue weighted by Gasteiger charge is 2.35. The fourth-order valence-corrected chi connectivity index (χ4v) is 3.61. The maximum Gasteiger partial charge on any atom is 0.418 e. The smallest absolute Gasteiger partial charge is 0.418 e. The first-order valence-electron chi connectivity index (χ1n) is 10.7. The monoisotopic (exact) mass is 499 g/mol. The molecule has 1 aliphatic rings. The maximum atomic E-state index is 14.7. The number of halogens is 5. The Hall–Kier alpha value is -3.45. The van der Waals surface area contributed by atoms with E-state index in [1.165, 1.54) is 4.90 Å². The first kappa shape index (κ1) is 24.7. The van der Waals surface area contributed by atoms with Crippen LogP contribution in [0.25, 0.3) is 11.0 Å². The molecular weight excluding hydrogens is 477 g/mol. The summed E-state index contributed by atoms with van der Waals surface area (Å²) < 4.78 is 79.9. The third-order valence-electron chi connectivity index (χ3n) is 5.50. The van der Waals surface area contributed by atoms with Crippen LogP contribution in [0.2, 0.25) is 0 Å². The fourth-order valence-electron chi connectivity index (χ4n) is 3.61. The molecule has 35 heavy (non-hydrogen) atoms. The molecule has 1 saturated heterocycles. The lowest BCUT2D eigenvalue weighted by molar-refractivity contribution is -0.136. The van der Waals surface area contributed by atoms with Crippen molar-refractivity contribution in [2.45, 2.75) is 6.18 Å². The molecule has 2 N–H and O–H groups in total. The lowest BCUT2D eigenvalue weighted by atomic mass is 10.2. The molecule has 1 aliphatic heterocycles. The van der Waals surface area contributed by atoms with Crippen LogP contribution in [0.15, 0.2) is 30.6 Å². The summed E-state index contributed by atoms with van der Waals surface area (Å²) in [5.74, 6) is -3.75. The number of nitrogens with one attached hydrogen (secondary N) is 2. The summed E-state index contributed by atoms with van der Waals surface area (Å²) in [6.45, 7) is 3.75. The number of carbonyl (C=O) groups is 1. The number of amides is 2. The fraction of sp³-hybridized carbons (Fsp3) is 0.364. The van der Waals surface area contributed by atoms with Crippen molar-refractivity contribution in [2.24, 2.45) is 0 Å². The van der Waals surface area contributed by atoms with Gasteiger partial charge in [0, 0.05) is 63.4 Å². The van der Waals surface area contributed by atoms with E-state index in [0.717, 1.165) is 37.5 Å². The van der Waals surface area contributed by atoms with Crippen molar-refractivity contribution >= 4 is 22.8 Å². The van der Waals surface area contributed by atoms with E-state index >= 15 is 0 Å². The maximum absolute atomic E-state index is 14.7. The lowest BCUT2D eigenvalue weighted by Gasteiger charge is -2.28. The van der Waals surface area contributed by atoms with Crippen molar-refractivity contribution in [3.05, 3.63) is 47.8 Å². The quantitative estimate of drug-likeness (QED) is 0.490. The third kappa shape index (κ3) is 5.62. The Kier molecular flexibility index (Phi) is 7.08. The van der Waals surface area contributed by atoms with Gasteiger partial charge in [0.05, 0.1) is 24.2 Å². The van der Waals surface area contributed by atoms with Gasteiger partial charge in [-0.2, -0.15) is 13.2 Å². The third-order valence-corrected chi connectivity index (χ3v) is 5.50. The number of rotatable bonds is 6. The number of fused-ring (bicyclic) bond motifs is 1. The van der Waals surface area contributed by atoms with Gasteiger partial charge in [-0.3, -0.25) is 4.90 Å². The summed E-state index contributed by atoms with van der Waals surface area (Å²) in [6, 6.07) is 2.14. The van der Waals surface area contributed by atoms with E-state index in [9.17, 15) is 26.7 Å². The number of ether oxygens (including phenoxy) is 2. The molecular formula is C22H22F5N5O3. The zero-order chi connectivity index (χ0) is 25.2. The number of urea groups is 1. The molecule has 1 fully saturated rings. The molecule has 8 nitrogen and oxygen atoms in total. The lowest BCUT2D eigenvalue weighted by Crippen LogP contribution is -2.42. The predicted octanol–water partition coefficient (Wildman–Crippen LogP) is 4.45. The van der Waals surface area contributed by atoms with Gasteiger partial charge in [0.15, 0.2) is 17.4 Å². The Bertz CT molecular complexity index is 1190. The van der Waals surface area contributed by atoms with Crippen molar-refractivity contribution in [3.8, 4) is 11.5 Å². The highest BCUT2D eigenvalue weighted by Crippen LogP contribution is 2.40. The minimum Gasteiger partial charge on any atom is -0.450 e. The minimum atomic E-state index is -4.74. The number of aromatic amines is 1. The minimum absolute atomic E-state index is 0.153. The van der Waals surface area contributed by atoms with Crippen LogP contribution in [0.4, 0.5) is 32.4 Å². The van der Waals surface area contributed by atoms with E-state index in [4.69, 9.17) is 9.47 Å². The second-order valence-electron chi connectivity index (χ2n) is 7.91. The van der Waals surface area contributed by atoms with Gasteiger partial charge in [0.1, 0.15) is 11.4 Å². The topological polar surface area (TPSA) is 82.7 Å². The summed E-state index contributed by atoms with van der Waals surface area (Å²) in [7, 11) is 1.55. The number of nitrogens with zero attached hydrogens (tertiary/aromatic N) is 3. The number of anilines is 1. The number of H-pyrrole nitrogens is 1. The van der Waals surface area contributed by atoms with Gasteiger partial charge in [-0.05, 0) is 6.07 Å². The second kappa shape index (κ2) is 10.0. The number of pyridine rings is 1. The number of hydrogen-bond donors (Lipinski definition) is 2. The highest BCUT2D eigenvalue weighted by atomic mass is 19.4. The molecule has 188 valence electrons. The second-order valence-corrected chi connectivity index (χ2v) is 7.91. The van der Waals surface area contributed by atoms with Crippen LogP contribution < -0.4 is 10.1 Å². The molecule has 4 rings (SSSR count). The van der Waals surface area contributed by atoms with E-state index in [2.05, 4.69) is 20.2 Å². The zero-order valence-electron chi connectivity index (χ0n) is 18.6. The normalized spacial score (nSPS) is 14.8. The number of alkyl halides is 3. The van der Waals surface area contributed by atoms with E-state index in [-0.39, 0.29) is 11.3 Å². The molecule has 13 heteroatoms. The average Bonchev–Trinajstić information content (AvgIpc) is 3.26. The molecule has 2 amide bonds. The van der Waals surface area contributed by atoms with Crippen molar-refractivity contribution in [3.63, 3.8) is 0 Å². The van der Waals surface area contributed by atoms with Gasteiger partial charge in [-0.15, -0.1) is 0 Å². The molecule has 0 atom stereocenters. The molecule has 0 saturated carbocycles.